The second-order valence-electron chi connectivity index (χ2n) is 2.79. The van der Waals surface area contributed by atoms with Gasteiger partial charge < -0.3 is 5.21 Å². The Labute approximate surface area is 90.2 Å². The van der Waals surface area contributed by atoms with Crippen LogP contribution < -0.4 is 11.5 Å². The number of hydrogen-bond acceptors (Lipinski definition) is 4. The zero-order valence-corrected chi connectivity index (χ0v) is 8.11. The van der Waals surface area contributed by atoms with Gasteiger partial charge in [-0.15, -0.1) is 9.95 Å². The molecule has 0 atom stereocenters. The zero-order valence-electron chi connectivity index (χ0n) is 8.11. The molecule has 0 heterocycles. The first-order valence-electron chi connectivity index (χ1n) is 4.14. The van der Waals surface area contributed by atoms with Crippen LogP contribution in [0, 0.1) is 15.3 Å². The topological polar surface area (TPSA) is 134 Å². The molecule has 84 valence electrons. The average molecular weight is 223 g/mol. The van der Waals surface area contributed by atoms with E-state index in [4.69, 9.17) is 11.5 Å². The van der Waals surface area contributed by atoms with E-state index in [0.29, 0.717) is 5.56 Å². The molecule has 8 heteroatoms. The minimum Gasteiger partial charge on any atom is -0.722 e. The summed E-state index contributed by atoms with van der Waals surface area (Å²) < 4.78 is 0. The summed E-state index contributed by atoms with van der Waals surface area (Å²) in [6, 6.07) is 5.49. The Hall–Kier alpha value is -2.64. The van der Waals surface area contributed by atoms with Crippen LogP contribution in [-0.2, 0) is 0 Å². The van der Waals surface area contributed by atoms with E-state index in [1.54, 1.807) is 0 Å². The summed E-state index contributed by atoms with van der Waals surface area (Å²) in [5.74, 6) is -0.488. The lowest BCUT2D eigenvalue weighted by atomic mass is 10.2. The standard InChI is InChI=1S/C8H9N5O3/c9-8(10)12(14)11-5-6-1-3-7(4-2-6)13(15)16/h1-5H,9-10H2/b11-5+. The lowest BCUT2D eigenvalue weighted by Crippen LogP contribution is -2.30. The van der Waals surface area contributed by atoms with Crippen LogP contribution in [-0.4, -0.2) is 21.9 Å². The van der Waals surface area contributed by atoms with E-state index >= 15 is 0 Å². The number of hydrazone groups is 1. The van der Waals surface area contributed by atoms with Gasteiger partial charge in [0.25, 0.3) is 5.69 Å². The normalized spacial score (nSPS) is 10.2. The molecule has 1 rings (SSSR count). The maximum atomic E-state index is 10.8. The number of nitrogens with zero attached hydrogens (tertiary/aromatic N) is 3. The molecule has 0 radical (unpaired) electrons. The molecular weight excluding hydrogens is 214 g/mol. The lowest BCUT2D eigenvalue weighted by molar-refractivity contribution is -0.463. The quantitative estimate of drug-likeness (QED) is 0.181. The molecule has 8 nitrogen and oxygen atoms in total. The van der Waals surface area contributed by atoms with Crippen LogP contribution in [0.1, 0.15) is 5.56 Å². The molecule has 0 fully saturated rings. The van der Waals surface area contributed by atoms with Gasteiger partial charge >= 0.3 is 5.96 Å². The van der Waals surface area contributed by atoms with E-state index in [1.165, 1.54) is 30.5 Å². The molecule has 0 aliphatic rings. The first-order chi connectivity index (χ1) is 7.50. The number of nitrogens with two attached hydrogens (primary N) is 2. The number of nitro groups is 1. The lowest BCUT2D eigenvalue weighted by Gasteiger charge is -2.02. The molecule has 0 saturated carbocycles. The third-order valence-corrected chi connectivity index (χ3v) is 1.64. The van der Waals surface area contributed by atoms with Crippen molar-refractivity contribution in [3.05, 3.63) is 45.2 Å². The number of rotatable bonds is 3. The first-order valence-corrected chi connectivity index (χ1v) is 4.14. The van der Waals surface area contributed by atoms with E-state index in [-0.39, 0.29) is 10.5 Å². The molecule has 4 N–H and O–H groups in total. The molecule has 0 aliphatic heterocycles. The van der Waals surface area contributed by atoms with Gasteiger partial charge in [-0.1, -0.05) is 0 Å². The molecule has 0 unspecified atom stereocenters. The van der Waals surface area contributed by atoms with Gasteiger partial charge in [0.2, 0.25) is 0 Å². The van der Waals surface area contributed by atoms with Gasteiger partial charge in [-0.2, -0.15) is 0 Å². The molecule has 0 saturated heterocycles. The van der Waals surface area contributed by atoms with Crippen LogP contribution in [0.3, 0.4) is 0 Å². The number of non-ortho nitro benzene ring substituents is 1. The number of nitro benzene ring substituents is 1. The van der Waals surface area contributed by atoms with Crippen molar-refractivity contribution in [2.24, 2.45) is 16.6 Å². The fraction of sp³-hybridized carbons (Fsp3) is 0. The van der Waals surface area contributed by atoms with Gasteiger partial charge in [0, 0.05) is 12.1 Å². The summed E-state index contributed by atoms with van der Waals surface area (Å²) in [6.07, 6.45) is 1.19. The van der Waals surface area contributed by atoms with Crippen molar-refractivity contribution >= 4 is 17.9 Å². The van der Waals surface area contributed by atoms with Crippen LogP contribution in [0.25, 0.3) is 0 Å². The Kier molecular flexibility index (Phi) is 3.38. The van der Waals surface area contributed by atoms with Crippen LogP contribution >= 0.6 is 0 Å². The van der Waals surface area contributed by atoms with Gasteiger partial charge in [0.15, 0.2) is 0 Å². The molecule has 16 heavy (non-hydrogen) atoms. The maximum absolute atomic E-state index is 10.8. The van der Waals surface area contributed by atoms with Gasteiger partial charge in [0.05, 0.1) is 11.1 Å². The monoisotopic (exact) mass is 223 g/mol. The van der Waals surface area contributed by atoms with E-state index < -0.39 is 10.9 Å². The van der Waals surface area contributed by atoms with Gasteiger partial charge in [0.1, 0.15) is 0 Å². The van der Waals surface area contributed by atoms with Crippen LogP contribution in [0.4, 0.5) is 5.69 Å². The highest BCUT2D eigenvalue weighted by molar-refractivity contribution is 5.79. The highest BCUT2D eigenvalue weighted by Gasteiger charge is 2.02. The number of guanidine groups is 1. The van der Waals surface area contributed by atoms with Gasteiger partial charge in [-0.25, -0.2) is 0 Å². The van der Waals surface area contributed by atoms with Crippen molar-refractivity contribution in [3.8, 4) is 0 Å². The molecule has 0 spiro atoms. The van der Waals surface area contributed by atoms with E-state index in [0.717, 1.165) is 0 Å². The molecular formula is C8H9N5O3. The second kappa shape index (κ2) is 4.73. The van der Waals surface area contributed by atoms with Gasteiger partial charge in [-0.3, -0.25) is 21.6 Å². The summed E-state index contributed by atoms with van der Waals surface area (Å²) in [4.78, 5) is 9.87. The van der Waals surface area contributed by atoms with Crippen molar-refractivity contribution in [1.29, 1.82) is 0 Å². The summed E-state index contributed by atoms with van der Waals surface area (Å²) in [6.45, 7) is 0. The van der Waals surface area contributed by atoms with Crippen LogP contribution in [0.5, 0.6) is 0 Å². The molecule has 1 aromatic carbocycles. The number of hydrogen-bond donors (Lipinski definition) is 2. The Bertz CT molecular complexity index is 447. The van der Waals surface area contributed by atoms with Crippen LogP contribution in [0.15, 0.2) is 29.4 Å². The fourth-order valence-corrected chi connectivity index (χ4v) is 0.868. The number of benzene rings is 1. The second-order valence-corrected chi connectivity index (χ2v) is 2.79. The summed E-state index contributed by atoms with van der Waals surface area (Å²) in [5.41, 5.74) is 10.4. The van der Waals surface area contributed by atoms with Crippen molar-refractivity contribution in [2.45, 2.75) is 0 Å². The molecule has 0 bridgehead atoms. The highest BCUT2D eigenvalue weighted by atomic mass is 16.6. The Morgan fingerprint density at radius 2 is 1.81 bits per heavy atom. The zero-order chi connectivity index (χ0) is 12.1. The minimum absolute atomic E-state index is 0.0407. The smallest absolute Gasteiger partial charge is 0.366 e. The average Bonchev–Trinajstić information content (AvgIpc) is 2.26. The predicted molar refractivity (Wildman–Crippen MR) is 57.7 cm³/mol. The van der Waals surface area contributed by atoms with Crippen molar-refractivity contribution in [3.63, 3.8) is 0 Å². The van der Waals surface area contributed by atoms with Crippen LogP contribution in [0.2, 0.25) is 0 Å². The van der Waals surface area contributed by atoms with Crippen molar-refractivity contribution in [1.82, 2.24) is 0 Å². The predicted octanol–water partition coefficient (Wildman–Crippen LogP) is -0.288. The Morgan fingerprint density at radius 1 is 1.25 bits per heavy atom. The third-order valence-electron chi connectivity index (χ3n) is 1.64. The molecule has 0 aromatic heterocycles. The maximum Gasteiger partial charge on any atom is 0.366 e. The first kappa shape index (κ1) is 11.4. The largest absolute Gasteiger partial charge is 0.722 e. The fourth-order valence-electron chi connectivity index (χ4n) is 0.868. The summed E-state index contributed by atoms with van der Waals surface area (Å²) >= 11 is 0. The van der Waals surface area contributed by atoms with Crippen molar-refractivity contribution < 1.29 is 9.77 Å². The van der Waals surface area contributed by atoms with E-state index in [2.05, 4.69) is 5.10 Å². The Morgan fingerprint density at radius 3 is 2.25 bits per heavy atom. The minimum atomic E-state index is -0.521. The van der Waals surface area contributed by atoms with Gasteiger partial charge in [-0.05, 0) is 17.7 Å². The summed E-state index contributed by atoms with van der Waals surface area (Å²) in [5, 5.41) is 24.5. The van der Waals surface area contributed by atoms with Crippen molar-refractivity contribution in [2.75, 3.05) is 0 Å². The molecule has 0 amide bonds. The molecule has 0 aliphatic carbocycles. The van der Waals surface area contributed by atoms with E-state index in [1.807, 2.05) is 0 Å². The molecule has 1 aromatic rings. The highest BCUT2D eigenvalue weighted by Crippen LogP contribution is 2.10. The Balaban J connectivity index is 2.84. The van der Waals surface area contributed by atoms with E-state index in [9.17, 15) is 15.3 Å². The third kappa shape index (κ3) is 2.94. The summed E-state index contributed by atoms with van der Waals surface area (Å²) in [7, 11) is 0. The SMILES string of the molecule is NC(N)=[N+]([O-])/N=C/c1ccc([N+](=O)[O-])cc1.